The number of rotatable bonds is 6. The zero-order valence-electron chi connectivity index (χ0n) is 12.1. The molecule has 0 bridgehead atoms. The first-order chi connectivity index (χ1) is 8.78. The molecule has 1 N–H and O–H groups in total. The normalized spacial score (nSPS) is 13.4. The summed E-state index contributed by atoms with van der Waals surface area (Å²) in [6.45, 7) is 9.20. The molecule has 0 aromatic heterocycles. The molecule has 0 amide bonds. The molecular weight excluding hydrogens is 248 g/mol. The molecule has 108 valence electrons. The molecule has 1 atom stereocenters. The molecule has 4 heteroatoms. The van der Waals surface area contributed by atoms with E-state index in [1.165, 1.54) is 6.07 Å². The van der Waals surface area contributed by atoms with Gasteiger partial charge in [0.2, 0.25) is 0 Å². The van der Waals surface area contributed by atoms with E-state index in [9.17, 15) is 8.78 Å². The predicted molar refractivity (Wildman–Crippen MR) is 73.4 cm³/mol. The first kappa shape index (κ1) is 15.9. The molecular formula is C15H23F2NO. The number of ether oxygens (including phenoxy) is 1. The van der Waals surface area contributed by atoms with E-state index in [0.29, 0.717) is 5.75 Å². The van der Waals surface area contributed by atoms with Gasteiger partial charge in [0.1, 0.15) is 5.75 Å². The predicted octanol–water partition coefficient (Wildman–Crippen LogP) is 3.90. The van der Waals surface area contributed by atoms with Crippen LogP contribution in [0.15, 0.2) is 18.2 Å². The molecule has 0 heterocycles. The molecule has 1 rings (SSSR count). The minimum atomic E-state index is -0.876. The Morgan fingerprint density at radius 2 is 1.89 bits per heavy atom. The molecule has 1 unspecified atom stereocenters. The third kappa shape index (κ3) is 6.53. The number of nitrogens with one attached hydrogen (secondary N) is 1. The SMILES string of the molecule is CC(CCCNC(C)(C)C)Oc1ccc(F)c(F)c1. The summed E-state index contributed by atoms with van der Waals surface area (Å²) < 4.78 is 31.3. The molecule has 2 nitrogen and oxygen atoms in total. The van der Waals surface area contributed by atoms with Gasteiger partial charge in [-0.25, -0.2) is 8.78 Å². The minimum absolute atomic E-state index is 0.0216. The standard InChI is InChI=1S/C15H23F2NO/c1-11(6-5-9-18-15(2,3)4)19-12-7-8-13(16)14(17)10-12/h7-8,10-11,18H,5-6,9H2,1-4H3. The molecule has 0 fully saturated rings. The zero-order valence-corrected chi connectivity index (χ0v) is 12.1. The maximum atomic E-state index is 13.0. The van der Waals surface area contributed by atoms with Crippen molar-refractivity contribution in [2.24, 2.45) is 0 Å². The van der Waals surface area contributed by atoms with Crippen LogP contribution in [0, 0.1) is 11.6 Å². The van der Waals surface area contributed by atoms with E-state index in [1.807, 2.05) is 6.92 Å². The highest BCUT2D eigenvalue weighted by molar-refractivity contribution is 5.23. The molecule has 0 aliphatic heterocycles. The van der Waals surface area contributed by atoms with Gasteiger partial charge < -0.3 is 10.1 Å². The Bertz CT molecular complexity index is 402. The van der Waals surface area contributed by atoms with Crippen LogP contribution in [-0.4, -0.2) is 18.2 Å². The number of hydrogen-bond donors (Lipinski definition) is 1. The Kier molecular flexibility index (Phi) is 5.73. The molecule has 0 saturated heterocycles. The monoisotopic (exact) mass is 271 g/mol. The van der Waals surface area contributed by atoms with Crippen molar-refractivity contribution < 1.29 is 13.5 Å². The van der Waals surface area contributed by atoms with Gasteiger partial charge in [-0.15, -0.1) is 0 Å². The van der Waals surface area contributed by atoms with Gasteiger partial charge >= 0.3 is 0 Å². The van der Waals surface area contributed by atoms with E-state index in [4.69, 9.17) is 4.74 Å². The average Bonchev–Trinajstić information content (AvgIpc) is 2.28. The molecule has 0 aliphatic carbocycles. The lowest BCUT2D eigenvalue weighted by molar-refractivity contribution is 0.204. The zero-order chi connectivity index (χ0) is 14.5. The van der Waals surface area contributed by atoms with Gasteiger partial charge in [0.15, 0.2) is 11.6 Å². The lowest BCUT2D eigenvalue weighted by Crippen LogP contribution is -2.36. The van der Waals surface area contributed by atoms with Crippen molar-refractivity contribution >= 4 is 0 Å². The summed E-state index contributed by atoms with van der Waals surface area (Å²) in [6.07, 6.45) is 1.82. The highest BCUT2D eigenvalue weighted by atomic mass is 19.2. The van der Waals surface area contributed by atoms with Crippen molar-refractivity contribution in [3.05, 3.63) is 29.8 Å². The second-order valence-corrected chi connectivity index (χ2v) is 5.82. The van der Waals surface area contributed by atoms with Gasteiger partial charge in [0.05, 0.1) is 6.10 Å². The summed E-state index contributed by atoms with van der Waals surface area (Å²) in [7, 11) is 0. The maximum absolute atomic E-state index is 13.0. The molecule has 19 heavy (non-hydrogen) atoms. The van der Waals surface area contributed by atoms with Crippen molar-refractivity contribution in [3.63, 3.8) is 0 Å². The van der Waals surface area contributed by atoms with Crippen molar-refractivity contribution in [2.75, 3.05) is 6.54 Å². The van der Waals surface area contributed by atoms with Crippen molar-refractivity contribution in [2.45, 2.75) is 52.2 Å². The highest BCUT2D eigenvalue weighted by Crippen LogP contribution is 2.17. The van der Waals surface area contributed by atoms with Crippen LogP contribution < -0.4 is 10.1 Å². The van der Waals surface area contributed by atoms with Crippen molar-refractivity contribution in [1.29, 1.82) is 0 Å². The fourth-order valence-corrected chi connectivity index (χ4v) is 1.69. The minimum Gasteiger partial charge on any atom is -0.491 e. The van der Waals surface area contributed by atoms with Crippen LogP contribution >= 0.6 is 0 Å². The Hall–Kier alpha value is -1.16. The third-order valence-electron chi connectivity index (χ3n) is 2.67. The van der Waals surface area contributed by atoms with Gasteiger partial charge in [-0.1, -0.05) is 0 Å². The van der Waals surface area contributed by atoms with Crippen LogP contribution in [0.5, 0.6) is 5.75 Å². The molecule has 0 saturated carbocycles. The smallest absolute Gasteiger partial charge is 0.162 e. The van der Waals surface area contributed by atoms with Crippen LogP contribution in [0.4, 0.5) is 8.78 Å². The number of halogens is 2. The molecule has 0 spiro atoms. The summed E-state index contributed by atoms with van der Waals surface area (Å²) >= 11 is 0. The van der Waals surface area contributed by atoms with Crippen LogP contribution in [0.2, 0.25) is 0 Å². The largest absolute Gasteiger partial charge is 0.491 e. The van der Waals surface area contributed by atoms with Gasteiger partial charge in [0.25, 0.3) is 0 Å². The first-order valence-corrected chi connectivity index (χ1v) is 6.64. The Balaban J connectivity index is 2.31. The summed E-state index contributed by atoms with van der Waals surface area (Å²) in [5.74, 6) is -1.36. The van der Waals surface area contributed by atoms with Crippen LogP contribution in [0.3, 0.4) is 0 Å². The maximum Gasteiger partial charge on any atom is 0.162 e. The number of benzene rings is 1. The Morgan fingerprint density at radius 1 is 1.21 bits per heavy atom. The van der Waals surface area contributed by atoms with Gasteiger partial charge in [0, 0.05) is 11.6 Å². The van der Waals surface area contributed by atoms with E-state index in [0.717, 1.165) is 31.5 Å². The van der Waals surface area contributed by atoms with Crippen LogP contribution in [-0.2, 0) is 0 Å². The Morgan fingerprint density at radius 3 is 2.47 bits per heavy atom. The van der Waals surface area contributed by atoms with Crippen LogP contribution in [0.1, 0.15) is 40.5 Å². The molecule has 1 aromatic carbocycles. The molecule has 1 aromatic rings. The lowest BCUT2D eigenvalue weighted by Gasteiger charge is -2.21. The third-order valence-corrected chi connectivity index (χ3v) is 2.67. The fraction of sp³-hybridized carbons (Fsp3) is 0.600. The van der Waals surface area contributed by atoms with E-state index < -0.39 is 11.6 Å². The van der Waals surface area contributed by atoms with E-state index >= 15 is 0 Å². The highest BCUT2D eigenvalue weighted by Gasteiger charge is 2.10. The van der Waals surface area contributed by atoms with Crippen molar-refractivity contribution in [3.8, 4) is 5.75 Å². The second kappa shape index (κ2) is 6.85. The Labute approximate surface area is 114 Å². The van der Waals surface area contributed by atoms with E-state index in [-0.39, 0.29) is 11.6 Å². The van der Waals surface area contributed by atoms with E-state index in [2.05, 4.69) is 26.1 Å². The molecule has 0 radical (unpaired) electrons. The topological polar surface area (TPSA) is 21.3 Å². The average molecular weight is 271 g/mol. The quantitative estimate of drug-likeness (QED) is 0.792. The van der Waals surface area contributed by atoms with Gasteiger partial charge in [-0.3, -0.25) is 0 Å². The first-order valence-electron chi connectivity index (χ1n) is 6.64. The fourth-order valence-electron chi connectivity index (χ4n) is 1.69. The van der Waals surface area contributed by atoms with Gasteiger partial charge in [-0.2, -0.15) is 0 Å². The van der Waals surface area contributed by atoms with Gasteiger partial charge in [-0.05, 0) is 59.2 Å². The summed E-state index contributed by atoms with van der Waals surface area (Å²) in [5.41, 5.74) is 0.115. The lowest BCUT2D eigenvalue weighted by atomic mass is 10.1. The van der Waals surface area contributed by atoms with E-state index in [1.54, 1.807) is 0 Å². The molecule has 0 aliphatic rings. The number of hydrogen-bond acceptors (Lipinski definition) is 2. The van der Waals surface area contributed by atoms with Crippen molar-refractivity contribution in [1.82, 2.24) is 5.32 Å². The summed E-state index contributed by atoms with van der Waals surface area (Å²) in [6, 6.07) is 3.61. The van der Waals surface area contributed by atoms with Crippen LogP contribution in [0.25, 0.3) is 0 Å². The summed E-state index contributed by atoms with van der Waals surface area (Å²) in [4.78, 5) is 0. The second-order valence-electron chi connectivity index (χ2n) is 5.82. The summed E-state index contributed by atoms with van der Waals surface area (Å²) in [5, 5.41) is 3.39.